The van der Waals surface area contributed by atoms with Crippen LogP contribution in [0.1, 0.15) is 32.9 Å². The third kappa shape index (κ3) is 3.42. The van der Waals surface area contributed by atoms with Gasteiger partial charge in [-0.05, 0) is 32.6 Å². The Morgan fingerprint density at radius 1 is 1.40 bits per heavy atom. The van der Waals surface area contributed by atoms with Crippen LogP contribution in [-0.2, 0) is 4.75 Å². The highest BCUT2D eigenvalue weighted by molar-refractivity contribution is 7.99. The first-order valence-corrected chi connectivity index (χ1v) is 6.48. The molecule has 1 aromatic rings. The number of ether oxygens (including phenoxy) is 1. The van der Waals surface area contributed by atoms with Gasteiger partial charge >= 0.3 is 0 Å². The van der Waals surface area contributed by atoms with E-state index in [1.807, 2.05) is 12.1 Å². The van der Waals surface area contributed by atoms with Crippen molar-refractivity contribution < 1.29 is 4.74 Å². The van der Waals surface area contributed by atoms with E-state index in [0.29, 0.717) is 0 Å². The molecule has 0 bridgehead atoms. The van der Waals surface area contributed by atoms with Gasteiger partial charge in [0.1, 0.15) is 0 Å². The van der Waals surface area contributed by atoms with Gasteiger partial charge in [-0.1, -0.05) is 13.0 Å². The second kappa shape index (κ2) is 5.40. The second-order valence-electron chi connectivity index (χ2n) is 3.92. The van der Waals surface area contributed by atoms with Gasteiger partial charge in [0.25, 0.3) is 0 Å². The zero-order valence-corrected chi connectivity index (χ0v) is 10.7. The second-order valence-corrected chi connectivity index (χ2v) is 5.35. The van der Waals surface area contributed by atoms with E-state index in [-0.39, 0.29) is 4.75 Å². The minimum Gasteiger partial charge on any atom is -0.478 e. The zero-order chi connectivity index (χ0) is 11.3. The van der Waals surface area contributed by atoms with Crippen molar-refractivity contribution in [2.75, 3.05) is 12.9 Å². The molecule has 0 saturated carbocycles. The molecule has 0 spiro atoms. The van der Waals surface area contributed by atoms with Crippen LogP contribution in [0.4, 0.5) is 0 Å². The van der Waals surface area contributed by atoms with Gasteiger partial charge in [0, 0.05) is 6.07 Å². The molecule has 0 aliphatic rings. The molecule has 2 nitrogen and oxygen atoms in total. The normalized spacial score (nSPS) is 11.5. The summed E-state index contributed by atoms with van der Waals surface area (Å²) < 4.78 is 5.56. The van der Waals surface area contributed by atoms with Crippen molar-refractivity contribution in [2.45, 2.75) is 31.9 Å². The monoisotopic (exact) mass is 225 g/mol. The van der Waals surface area contributed by atoms with E-state index in [1.165, 1.54) is 0 Å². The SMILES string of the molecule is CCCOc1cccc(C(C)(C)SC)n1. The lowest BCUT2D eigenvalue weighted by Crippen LogP contribution is -2.14. The summed E-state index contributed by atoms with van der Waals surface area (Å²) in [6.07, 6.45) is 3.11. The summed E-state index contributed by atoms with van der Waals surface area (Å²) in [5.74, 6) is 0.733. The predicted molar refractivity (Wildman–Crippen MR) is 66.6 cm³/mol. The first-order valence-electron chi connectivity index (χ1n) is 5.25. The molecule has 0 aromatic carbocycles. The minimum atomic E-state index is 0.0472. The molecule has 3 heteroatoms. The first kappa shape index (κ1) is 12.4. The molecule has 1 aromatic heterocycles. The molecule has 1 heterocycles. The Morgan fingerprint density at radius 2 is 2.13 bits per heavy atom. The molecule has 1 rings (SSSR count). The van der Waals surface area contributed by atoms with Gasteiger partial charge in [-0.3, -0.25) is 0 Å². The largest absolute Gasteiger partial charge is 0.478 e. The topological polar surface area (TPSA) is 22.1 Å². The summed E-state index contributed by atoms with van der Waals surface area (Å²) in [6.45, 7) is 7.17. The molecule has 0 saturated heterocycles. The summed E-state index contributed by atoms with van der Waals surface area (Å²) in [6, 6.07) is 5.97. The molecular weight excluding hydrogens is 206 g/mol. The van der Waals surface area contributed by atoms with Crippen molar-refractivity contribution in [3.8, 4) is 5.88 Å². The lowest BCUT2D eigenvalue weighted by molar-refractivity contribution is 0.304. The number of hydrogen-bond acceptors (Lipinski definition) is 3. The molecular formula is C12H19NOS. The van der Waals surface area contributed by atoms with Crippen LogP contribution < -0.4 is 4.74 Å². The van der Waals surface area contributed by atoms with E-state index in [1.54, 1.807) is 11.8 Å². The van der Waals surface area contributed by atoms with Gasteiger partial charge in [0.05, 0.1) is 17.0 Å². The van der Waals surface area contributed by atoms with Crippen LogP contribution in [0, 0.1) is 0 Å². The van der Waals surface area contributed by atoms with E-state index in [2.05, 4.69) is 38.1 Å². The number of rotatable bonds is 5. The summed E-state index contributed by atoms with van der Waals surface area (Å²) in [4.78, 5) is 4.51. The van der Waals surface area contributed by atoms with Crippen molar-refractivity contribution in [3.63, 3.8) is 0 Å². The van der Waals surface area contributed by atoms with Gasteiger partial charge in [-0.2, -0.15) is 11.8 Å². The molecule has 0 radical (unpaired) electrons. The van der Waals surface area contributed by atoms with Crippen LogP contribution in [0.2, 0.25) is 0 Å². The molecule has 0 atom stereocenters. The maximum absolute atomic E-state index is 5.52. The van der Waals surface area contributed by atoms with Crippen molar-refractivity contribution in [1.29, 1.82) is 0 Å². The van der Waals surface area contributed by atoms with Crippen LogP contribution in [-0.4, -0.2) is 17.8 Å². The highest BCUT2D eigenvalue weighted by Gasteiger charge is 2.20. The van der Waals surface area contributed by atoms with E-state index in [4.69, 9.17) is 4.74 Å². The van der Waals surface area contributed by atoms with E-state index in [0.717, 1.165) is 24.6 Å². The van der Waals surface area contributed by atoms with Crippen LogP contribution in [0.25, 0.3) is 0 Å². The minimum absolute atomic E-state index is 0.0472. The fourth-order valence-electron chi connectivity index (χ4n) is 1.14. The van der Waals surface area contributed by atoms with Crippen LogP contribution in [0.3, 0.4) is 0 Å². The number of thioether (sulfide) groups is 1. The number of nitrogens with zero attached hydrogens (tertiary/aromatic N) is 1. The highest BCUT2D eigenvalue weighted by atomic mass is 32.2. The Balaban J connectivity index is 2.82. The van der Waals surface area contributed by atoms with Gasteiger partial charge in [0.2, 0.25) is 5.88 Å². The van der Waals surface area contributed by atoms with Crippen molar-refractivity contribution in [3.05, 3.63) is 23.9 Å². The molecule has 0 fully saturated rings. The van der Waals surface area contributed by atoms with Gasteiger partial charge in [-0.15, -0.1) is 0 Å². The summed E-state index contributed by atoms with van der Waals surface area (Å²) in [5.41, 5.74) is 1.07. The summed E-state index contributed by atoms with van der Waals surface area (Å²) >= 11 is 1.79. The fourth-order valence-corrected chi connectivity index (χ4v) is 1.46. The maximum Gasteiger partial charge on any atom is 0.213 e. The summed E-state index contributed by atoms with van der Waals surface area (Å²) in [5, 5.41) is 0. The smallest absolute Gasteiger partial charge is 0.213 e. The first-order chi connectivity index (χ1) is 7.10. The molecule has 0 unspecified atom stereocenters. The third-order valence-corrected chi connectivity index (χ3v) is 3.53. The van der Waals surface area contributed by atoms with Gasteiger partial charge in [-0.25, -0.2) is 4.98 Å². The maximum atomic E-state index is 5.52. The Kier molecular flexibility index (Phi) is 4.45. The van der Waals surface area contributed by atoms with Crippen LogP contribution in [0.15, 0.2) is 18.2 Å². The fraction of sp³-hybridized carbons (Fsp3) is 0.583. The quantitative estimate of drug-likeness (QED) is 0.766. The van der Waals surface area contributed by atoms with E-state index < -0.39 is 0 Å². The molecule has 0 N–H and O–H groups in total. The van der Waals surface area contributed by atoms with Gasteiger partial charge in [0.15, 0.2) is 0 Å². The Hall–Kier alpha value is -0.700. The third-order valence-electron chi connectivity index (χ3n) is 2.30. The average Bonchev–Trinajstić information content (AvgIpc) is 2.27. The van der Waals surface area contributed by atoms with Gasteiger partial charge < -0.3 is 4.74 Å². The van der Waals surface area contributed by atoms with Crippen molar-refractivity contribution in [1.82, 2.24) is 4.98 Å². The van der Waals surface area contributed by atoms with Crippen molar-refractivity contribution in [2.24, 2.45) is 0 Å². The Morgan fingerprint density at radius 3 is 2.73 bits per heavy atom. The van der Waals surface area contributed by atoms with Crippen LogP contribution >= 0.6 is 11.8 Å². The zero-order valence-electron chi connectivity index (χ0n) is 9.91. The molecule has 0 aliphatic carbocycles. The van der Waals surface area contributed by atoms with Crippen LogP contribution in [0.5, 0.6) is 5.88 Å². The standard InChI is InChI=1S/C12H19NOS/c1-5-9-14-11-8-6-7-10(13-11)12(2,3)15-4/h6-8H,5,9H2,1-4H3. The van der Waals surface area contributed by atoms with Crippen molar-refractivity contribution >= 4 is 11.8 Å². The lowest BCUT2D eigenvalue weighted by atomic mass is 10.1. The number of aromatic nitrogens is 1. The highest BCUT2D eigenvalue weighted by Crippen LogP contribution is 2.32. The molecule has 0 aliphatic heterocycles. The number of hydrogen-bond donors (Lipinski definition) is 0. The number of pyridine rings is 1. The lowest BCUT2D eigenvalue weighted by Gasteiger charge is -2.21. The van der Waals surface area contributed by atoms with E-state index >= 15 is 0 Å². The van der Waals surface area contributed by atoms with E-state index in [9.17, 15) is 0 Å². The Labute approximate surface area is 96.4 Å². The predicted octanol–water partition coefficient (Wildman–Crippen LogP) is 3.47. The molecule has 0 amide bonds. The Bertz CT molecular complexity index is 312. The molecule has 15 heavy (non-hydrogen) atoms. The molecule has 84 valence electrons. The average molecular weight is 225 g/mol. The summed E-state index contributed by atoms with van der Waals surface area (Å²) in [7, 11) is 0.